The minimum Gasteiger partial charge on any atom is -0.364 e. The van der Waals surface area contributed by atoms with Crippen LogP contribution < -0.4 is 16.4 Å². The van der Waals surface area contributed by atoms with Gasteiger partial charge < -0.3 is 26.2 Å². The summed E-state index contributed by atoms with van der Waals surface area (Å²) in [6.45, 7) is 6.31. The molecule has 0 spiro atoms. The lowest BCUT2D eigenvalue weighted by molar-refractivity contribution is -0.131. The number of hydrogen-bond acceptors (Lipinski definition) is 7. The number of aryl methyl sites for hydroxylation is 2. The summed E-state index contributed by atoms with van der Waals surface area (Å²) in [5.41, 5.74) is 8.77. The molecule has 1 heterocycles. The molecule has 10 heteroatoms. The lowest BCUT2D eigenvalue weighted by Gasteiger charge is -2.19. The normalized spacial score (nSPS) is 12.0. The Labute approximate surface area is 213 Å². The van der Waals surface area contributed by atoms with Crippen molar-refractivity contribution in [2.24, 2.45) is 5.73 Å². The number of rotatable bonds is 12. The molecule has 194 valence electrons. The van der Waals surface area contributed by atoms with E-state index in [0.717, 1.165) is 22.6 Å². The zero-order valence-electron chi connectivity index (χ0n) is 22.0. The Bertz CT molecular complexity index is 1110. The molecule has 0 radical (unpaired) electrons. The van der Waals surface area contributed by atoms with Crippen LogP contribution in [0.15, 0.2) is 36.4 Å². The van der Waals surface area contributed by atoms with Gasteiger partial charge in [-0.05, 0) is 58.5 Å². The molecule has 3 amide bonds. The molecule has 4 N–H and O–H groups in total. The molecule has 0 saturated carbocycles. The van der Waals surface area contributed by atoms with Gasteiger partial charge in [0.2, 0.25) is 11.8 Å². The summed E-state index contributed by atoms with van der Waals surface area (Å²) in [6.07, 6.45) is 4.46. The van der Waals surface area contributed by atoms with Gasteiger partial charge in [-0.3, -0.25) is 14.4 Å². The van der Waals surface area contributed by atoms with E-state index in [1.165, 1.54) is 11.0 Å². The number of benzene rings is 1. The van der Waals surface area contributed by atoms with E-state index < -0.39 is 5.91 Å². The Hall–Kier alpha value is -3.79. The monoisotopic (exact) mass is 495 g/mol. The fourth-order valence-electron chi connectivity index (χ4n) is 3.57. The fourth-order valence-corrected chi connectivity index (χ4v) is 3.57. The molecule has 0 aliphatic carbocycles. The molecule has 0 saturated heterocycles. The van der Waals surface area contributed by atoms with E-state index in [-0.39, 0.29) is 30.1 Å². The lowest BCUT2D eigenvalue weighted by Crippen LogP contribution is -2.42. The average molecular weight is 496 g/mol. The zero-order chi connectivity index (χ0) is 26.8. The van der Waals surface area contributed by atoms with E-state index in [1.54, 1.807) is 13.1 Å². The molecule has 0 fully saturated rings. The third-order valence-electron chi connectivity index (χ3n) is 5.36. The zero-order valence-corrected chi connectivity index (χ0v) is 22.0. The van der Waals surface area contributed by atoms with Crippen LogP contribution in [0.3, 0.4) is 0 Å². The molecule has 2 rings (SSSR count). The highest BCUT2D eigenvalue weighted by molar-refractivity contribution is 5.96. The first-order valence-electron chi connectivity index (χ1n) is 11.9. The number of nitrogens with one attached hydrogen (secondary N) is 2. The number of primary amides is 1. The van der Waals surface area contributed by atoms with E-state index in [1.807, 2.05) is 64.0 Å². The van der Waals surface area contributed by atoms with Crippen molar-refractivity contribution in [3.05, 3.63) is 59.1 Å². The van der Waals surface area contributed by atoms with Crippen molar-refractivity contribution in [3.63, 3.8) is 0 Å². The van der Waals surface area contributed by atoms with Gasteiger partial charge >= 0.3 is 0 Å². The fraction of sp³-hybridized carbons (Fsp3) is 0.423. The highest BCUT2D eigenvalue weighted by atomic mass is 16.2. The van der Waals surface area contributed by atoms with Gasteiger partial charge in [0.1, 0.15) is 0 Å². The van der Waals surface area contributed by atoms with Crippen LogP contribution in [0, 0.1) is 6.92 Å². The van der Waals surface area contributed by atoms with E-state index in [4.69, 9.17) is 5.73 Å². The molecule has 0 unspecified atom stereocenters. The number of carbonyl (C=O) groups is 3. The van der Waals surface area contributed by atoms with Crippen LogP contribution >= 0.6 is 0 Å². The largest absolute Gasteiger partial charge is 0.364 e. The average Bonchev–Trinajstić information content (AvgIpc) is 2.78. The van der Waals surface area contributed by atoms with Crippen molar-refractivity contribution in [3.8, 4) is 0 Å². The minimum atomic E-state index is -0.649. The second kappa shape index (κ2) is 13.3. The Balaban J connectivity index is 1.99. The number of anilines is 2. The van der Waals surface area contributed by atoms with Crippen molar-refractivity contribution in [1.82, 2.24) is 25.1 Å². The van der Waals surface area contributed by atoms with E-state index in [2.05, 4.69) is 20.6 Å². The van der Waals surface area contributed by atoms with Crippen molar-refractivity contribution in [2.75, 3.05) is 39.5 Å². The smallest absolute Gasteiger partial charge is 0.271 e. The third kappa shape index (κ3) is 8.77. The van der Waals surface area contributed by atoms with Crippen LogP contribution in [0.25, 0.3) is 0 Å². The molecule has 0 bridgehead atoms. The van der Waals surface area contributed by atoms with E-state index in [9.17, 15) is 14.4 Å². The van der Waals surface area contributed by atoms with E-state index in [0.29, 0.717) is 25.2 Å². The predicted molar refractivity (Wildman–Crippen MR) is 141 cm³/mol. The maximum Gasteiger partial charge on any atom is 0.271 e. The van der Waals surface area contributed by atoms with Crippen LogP contribution in [0.4, 0.5) is 11.5 Å². The second-order valence-corrected chi connectivity index (χ2v) is 9.03. The van der Waals surface area contributed by atoms with Gasteiger partial charge in [0.15, 0.2) is 11.5 Å². The SMILES string of the molecule is CCc1nc(C(N)=O)c(Nc2cccc(C[C@@H](C)NC(=O)CN(C)C(=O)/C=C/CN(C)C)c2)nc1C. The molecular formula is C26H37N7O3. The second-order valence-electron chi connectivity index (χ2n) is 9.03. The van der Waals surface area contributed by atoms with Crippen molar-refractivity contribution < 1.29 is 14.4 Å². The number of nitrogens with zero attached hydrogens (tertiary/aromatic N) is 4. The molecule has 1 atom stereocenters. The first kappa shape index (κ1) is 28.4. The third-order valence-corrected chi connectivity index (χ3v) is 5.36. The predicted octanol–water partition coefficient (Wildman–Crippen LogP) is 1.81. The lowest BCUT2D eigenvalue weighted by atomic mass is 10.1. The summed E-state index contributed by atoms with van der Waals surface area (Å²) < 4.78 is 0. The highest BCUT2D eigenvalue weighted by Crippen LogP contribution is 2.21. The van der Waals surface area contributed by atoms with Gasteiger partial charge in [-0.2, -0.15) is 0 Å². The molecule has 2 aromatic rings. The topological polar surface area (TPSA) is 134 Å². The number of likely N-dealkylation sites (N-methyl/N-ethyl adjacent to an activating group) is 2. The summed E-state index contributed by atoms with van der Waals surface area (Å²) in [5.74, 6) is -0.799. The van der Waals surface area contributed by atoms with Crippen LogP contribution in [-0.2, 0) is 22.4 Å². The molecule has 1 aromatic carbocycles. The summed E-state index contributed by atoms with van der Waals surface area (Å²) in [4.78, 5) is 48.7. The van der Waals surface area contributed by atoms with E-state index >= 15 is 0 Å². The molecule has 1 aromatic heterocycles. The van der Waals surface area contributed by atoms with Gasteiger partial charge in [-0.1, -0.05) is 25.1 Å². The Morgan fingerprint density at radius 1 is 1.17 bits per heavy atom. The summed E-state index contributed by atoms with van der Waals surface area (Å²) in [5, 5.41) is 6.08. The van der Waals surface area contributed by atoms with Gasteiger partial charge in [-0.25, -0.2) is 9.97 Å². The van der Waals surface area contributed by atoms with Crippen molar-refractivity contribution in [2.45, 2.75) is 39.7 Å². The van der Waals surface area contributed by atoms with Crippen LogP contribution in [0.2, 0.25) is 0 Å². The first-order chi connectivity index (χ1) is 17.0. The number of carbonyl (C=O) groups excluding carboxylic acids is 3. The maximum atomic E-state index is 12.4. The molecule has 36 heavy (non-hydrogen) atoms. The van der Waals surface area contributed by atoms with Gasteiger partial charge in [0.25, 0.3) is 5.91 Å². The number of nitrogens with two attached hydrogens (primary N) is 1. The van der Waals surface area contributed by atoms with Gasteiger partial charge in [0, 0.05) is 31.4 Å². The summed E-state index contributed by atoms with van der Waals surface area (Å²) in [6, 6.07) is 7.44. The minimum absolute atomic E-state index is 0.0290. The first-order valence-corrected chi connectivity index (χ1v) is 11.9. The number of hydrogen-bond donors (Lipinski definition) is 3. The quantitative estimate of drug-likeness (QED) is 0.382. The van der Waals surface area contributed by atoms with Crippen LogP contribution in [0.5, 0.6) is 0 Å². The van der Waals surface area contributed by atoms with Crippen molar-refractivity contribution in [1.29, 1.82) is 0 Å². The van der Waals surface area contributed by atoms with Gasteiger partial charge in [-0.15, -0.1) is 0 Å². The molecule has 0 aliphatic heterocycles. The summed E-state index contributed by atoms with van der Waals surface area (Å²) >= 11 is 0. The number of amides is 3. The number of aromatic nitrogens is 2. The standard InChI is InChI=1S/C26H37N7O3/c1-7-21-18(3)29-26(24(31-21)25(27)36)30-20-11-8-10-19(15-20)14-17(2)28-22(34)16-33(6)23(35)12-9-13-32(4)5/h8-12,15,17H,7,13-14,16H2,1-6H3,(H2,27,36)(H,28,34)(H,29,30)/b12-9+/t17-/m1/s1. The molecular weight excluding hydrogens is 458 g/mol. The maximum absolute atomic E-state index is 12.4. The Morgan fingerprint density at radius 3 is 2.53 bits per heavy atom. The molecule has 10 nitrogen and oxygen atoms in total. The Morgan fingerprint density at radius 2 is 1.89 bits per heavy atom. The van der Waals surface area contributed by atoms with Crippen LogP contribution in [0.1, 0.15) is 41.3 Å². The highest BCUT2D eigenvalue weighted by Gasteiger charge is 2.16. The summed E-state index contributed by atoms with van der Waals surface area (Å²) in [7, 11) is 5.42. The Kier molecular flexibility index (Phi) is 10.5. The molecule has 0 aliphatic rings. The van der Waals surface area contributed by atoms with Gasteiger partial charge in [0.05, 0.1) is 17.9 Å². The van der Waals surface area contributed by atoms with Crippen LogP contribution in [-0.4, -0.2) is 77.8 Å². The van der Waals surface area contributed by atoms with Crippen molar-refractivity contribution >= 4 is 29.2 Å².